The van der Waals surface area contributed by atoms with E-state index in [1.165, 1.54) is 55.8 Å². The first kappa shape index (κ1) is 48.3. The van der Waals surface area contributed by atoms with Crippen molar-refractivity contribution in [1.29, 1.82) is 0 Å². The van der Waals surface area contributed by atoms with Crippen molar-refractivity contribution in [2.45, 2.75) is 79.1 Å². The molecule has 3 aromatic heterocycles. The van der Waals surface area contributed by atoms with E-state index in [9.17, 15) is 0 Å². The summed E-state index contributed by atoms with van der Waals surface area (Å²) < 4.78 is 11.4. The zero-order valence-electron chi connectivity index (χ0n) is 42.1. The van der Waals surface area contributed by atoms with Gasteiger partial charge >= 0.3 is 21.1 Å². The minimum atomic E-state index is 0. The Hall–Kier alpha value is -7.33. The number of ether oxygens (including phenoxy) is 1. The van der Waals surface area contributed by atoms with Crippen LogP contribution < -0.4 is 4.74 Å². The zero-order valence-corrected chi connectivity index (χ0v) is 44.4. The molecule has 0 spiro atoms. The maximum atomic E-state index is 6.79. The fraction of sp³-hybridized carbons (Fsp3) is 0.182. The van der Waals surface area contributed by atoms with Gasteiger partial charge in [0, 0.05) is 28.9 Å². The molecule has 5 nitrogen and oxygen atoms in total. The van der Waals surface area contributed by atoms with Crippen molar-refractivity contribution in [2.75, 3.05) is 0 Å². The maximum absolute atomic E-state index is 6.79. The summed E-state index contributed by atoms with van der Waals surface area (Å²) in [5, 5.41) is 2.20. The van der Waals surface area contributed by atoms with Crippen LogP contribution in [0.4, 0.5) is 0 Å². The Morgan fingerprint density at radius 3 is 1.62 bits per heavy atom. The Bertz CT molecular complexity index is 3690. The molecular weight excluding hydrogens is 1060 g/mol. The number of hydrogen-bond donors (Lipinski definition) is 0. The fourth-order valence-corrected chi connectivity index (χ4v) is 10.4. The third-order valence-corrected chi connectivity index (χ3v) is 13.9. The summed E-state index contributed by atoms with van der Waals surface area (Å²) in [6.45, 7) is 18.3. The maximum Gasteiger partial charge on any atom is 2.00 e. The Labute approximate surface area is 438 Å². The summed E-state index contributed by atoms with van der Waals surface area (Å²) in [4.78, 5) is 10.4. The molecule has 6 heteroatoms. The molecular formula is C66H58N4OPt. The largest absolute Gasteiger partial charge is 2.00 e. The van der Waals surface area contributed by atoms with Crippen LogP contribution in [0.5, 0.6) is 11.5 Å². The fourth-order valence-electron chi connectivity index (χ4n) is 10.4. The van der Waals surface area contributed by atoms with E-state index < -0.39 is 0 Å². The van der Waals surface area contributed by atoms with Gasteiger partial charge in [-0.15, -0.1) is 41.3 Å². The van der Waals surface area contributed by atoms with Gasteiger partial charge < -0.3 is 13.9 Å². The Morgan fingerprint density at radius 2 is 1.00 bits per heavy atom. The van der Waals surface area contributed by atoms with Gasteiger partial charge in [-0.25, -0.2) is 4.98 Å². The standard InChI is InChI=1S/C66H58N4O.Pt/c1-41(2)55-35-49(45-20-11-9-12-21-45)36-56(42(3)4)64(55)47-32-33-67-63(39-47)69-60-28-17-15-26-53(60)54-31-30-52(40-62(54)69)71-51-25-19-24-48(34-51)66-68-59-27-16-18-29-61(59)70(66)65-57(43(5)6)37-50(38-58(65)44(7)8)46-22-13-10-14-23-46;/h9-33,35-39,41-44H,1-8H3;/q-2;+2. The molecule has 0 bridgehead atoms. The van der Waals surface area contributed by atoms with Crippen LogP contribution in [0.15, 0.2) is 182 Å². The first-order chi connectivity index (χ1) is 34.5. The molecule has 72 heavy (non-hydrogen) atoms. The molecule has 0 saturated carbocycles. The quantitative estimate of drug-likeness (QED) is 0.115. The number of para-hydroxylation sites is 3. The van der Waals surface area contributed by atoms with E-state index in [4.69, 9.17) is 14.7 Å². The molecule has 0 unspecified atom stereocenters. The van der Waals surface area contributed by atoms with Gasteiger partial charge in [0.1, 0.15) is 5.82 Å². The number of aromatic nitrogens is 4. The molecule has 11 rings (SSSR count). The van der Waals surface area contributed by atoms with Crippen molar-refractivity contribution in [3.63, 3.8) is 0 Å². The number of fused-ring (bicyclic) bond motifs is 4. The van der Waals surface area contributed by atoms with Gasteiger partial charge in [0.2, 0.25) is 0 Å². The van der Waals surface area contributed by atoms with Crippen molar-refractivity contribution < 1.29 is 25.8 Å². The number of benzene rings is 8. The molecule has 0 saturated heterocycles. The van der Waals surface area contributed by atoms with Crippen LogP contribution in [0.3, 0.4) is 0 Å². The number of pyridine rings is 1. The van der Waals surface area contributed by atoms with Gasteiger partial charge in [0.05, 0.1) is 16.9 Å². The van der Waals surface area contributed by atoms with Crippen molar-refractivity contribution in [1.82, 2.24) is 19.1 Å². The second kappa shape index (κ2) is 20.1. The van der Waals surface area contributed by atoms with Gasteiger partial charge in [-0.3, -0.25) is 4.98 Å². The molecule has 11 aromatic rings. The minimum absolute atomic E-state index is 0. The van der Waals surface area contributed by atoms with Gasteiger partial charge in [0.25, 0.3) is 0 Å². The summed E-state index contributed by atoms with van der Waals surface area (Å²) in [6.07, 6.45) is 1.95. The second-order valence-corrected chi connectivity index (χ2v) is 20.0. The first-order valence-corrected chi connectivity index (χ1v) is 25.1. The van der Waals surface area contributed by atoms with Gasteiger partial charge in [-0.1, -0.05) is 170 Å². The normalized spacial score (nSPS) is 11.7. The smallest absolute Gasteiger partial charge is 0.503 e. The number of rotatable bonds is 12. The van der Waals surface area contributed by atoms with Crippen LogP contribution in [0, 0.1) is 12.1 Å². The van der Waals surface area contributed by atoms with E-state index in [1.807, 2.05) is 24.4 Å². The summed E-state index contributed by atoms with van der Waals surface area (Å²) in [5.41, 5.74) is 18.5. The van der Waals surface area contributed by atoms with Crippen LogP contribution in [-0.4, -0.2) is 19.1 Å². The number of nitrogens with zero attached hydrogens (tertiary/aromatic N) is 4. The Balaban J connectivity index is 0.00000596. The summed E-state index contributed by atoms with van der Waals surface area (Å²) in [7, 11) is 0. The van der Waals surface area contributed by atoms with Gasteiger partial charge in [-0.2, -0.15) is 6.07 Å². The molecule has 0 amide bonds. The molecule has 0 fully saturated rings. The monoisotopic (exact) mass is 1120 g/mol. The van der Waals surface area contributed by atoms with Gasteiger partial charge in [-0.05, 0) is 127 Å². The van der Waals surface area contributed by atoms with Crippen molar-refractivity contribution in [3.8, 4) is 67.8 Å². The molecule has 0 N–H and O–H groups in total. The zero-order chi connectivity index (χ0) is 48.9. The molecule has 0 aliphatic rings. The predicted octanol–water partition coefficient (Wildman–Crippen LogP) is 18.1. The van der Waals surface area contributed by atoms with E-state index in [1.54, 1.807) is 0 Å². The third kappa shape index (κ3) is 8.90. The molecule has 0 aliphatic carbocycles. The second-order valence-electron chi connectivity index (χ2n) is 20.0. The number of imidazole rings is 1. The topological polar surface area (TPSA) is 44.9 Å². The molecule has 0 atom stereocenters. The summed E-state index contributed by atoms with van der Waals surface area (Å²) >= 11 is 0. The van der Waals surface area contributed by atoms with Crippen LogP contribution in [0.2, 0.25) is 0 Å². The van der Waals surface area contributed by atoms with Gasteiger partial charge in [0.15, 0.2) is 0 Å². The van der Waals surface area contributed by atoms with E-state index in [0.29, 0.717) is 23.3 Å². The molecule has 8 aromatic carbocycles. The van der Waals surface area contributed by atoms with E-state index in [-0.39, 0.29) is 32.9 Å². The molecule has 0 aliphatic heterocycles. The van der Waals surface area contributed by atoms with Crippen molar-refractivity contribution in [3.05, 3.63) is 217 Å². The van der Waals surface area contributed by atoms with E-state index in [2.05, 4.69) is 234 Å². The Morgan fingerprint density at radius 1 is 0.444 bits per heavy atom. The average molecular weight is 1120 g/mol. The van der Waals surface area contributed by atoms with Crippen LogP contribution in [0.25, 0.3) is 89.1 Å². The molecule has 0 radical (unpaired) electrons. The Kier molecular flexibility index (Phi) is 13.5. The summed E-state index contributed by atoms with van der Waals surface area (Å²) in [6, 6.07) is 69.9. The predicted molar refractivity (Wildman–Crippen MR) is 295 cm³/mol. The van der Waals surface area contributed by atoms with E-state index >= 15 is 0 Å². The third-order valence-electron chi connectivity index (χ3n) is 13.9. The average Bonchev–Trinajstić information content (AvgIpc) is 3.94. The molecule has 3 heterocycles. The van der Waals surface area contributed by atoms with Crippen LogP contribution in [0.1, 0.15) is 101 Å². The van der Waals surface area contributed by atoms with Crippen molar-refractivity contribution in [2.24, 2.45) is 0 Å². The SMILES string of the molecule is CC(C)c1cc(-c2ccccc2)cc(C(C)C)c1-c1ccnc(-n2c3[c-]c(Oc4[c-]c(-c5nc6ccccc6n5-c5c(C(C)C)cc(-c6ccccc6)cc5C(C)C)ccc4)ccc3c3ccccc32)c1.[Pt+2]. The van der Waals surface area contributed by atoms with Crippen LogP contribution >= 0.6 is 0 Å². The minimum Gasteiger partial charge on any atom is -0.503 e. The van der Waals surface area contributed by atoms with Crippen molar-refractivity contribution >= 4 is 32.8 Å². The number of hydrogen-bond acceptors (Lipinski definition) is 3. The first-order valence-electron chi connectivity index (χ1n) is 25.1. The molecule has 358 valence electrons. The van der Waals surface area contributed by atoms with Crippen LogP contribution in [-0.2, 0) is 21.1 Å². The summed E-state index contributed by atoms with van der Waals surface area (Å²) in [5.74, 6) is 3.91. The van der Waals surface area contributed by atoms with E-state index in [0.717, 1.165) is 55.6 Å².